The van der Waals surface area contributed by atoms with Crippen molar-refractivity contribution in [1.82, 2.24) is 0 Å². The van der Waals surface area contributed by atoms with Crippen LogP contribution in [-0.4, -0.2) is 17.5 Å². The lowest BCUT2D eigenvalue weighted by atomic mass is 9.96. The van der Waals surface area contributed by atoms with Gasteiger partial charge in [0.1, 0.15) is 11.5 Å². The molecule has 0 saturated heterocycles. The van der Waals surface area contributed by atoms with Crippen molar-refractivity contribution in [1.29, 1.82) is 0 Å². The van der Waals surface area contributed by atoms with Gasteiger partial charge in [-0.3, -0.25) is 4.79 Å². The molecule has 0 aromatic carbocycles. The monoisotopic (exact) mass is 192 g/mol. The van der Waals surface area contributed by atoms with Crippen LogP contribution in [0.25, 0.3) is 0 Å². The number of hydrogen-bond acceptors (Lipinski definition) is 2. The van der Waals surface area contributed by atoms with E-state index in [0.29, 0.717) is 5.92 Å². The maximum absolute atomic E-state index is 10.9. The summed E-state index contributed by atoms with van der Waals surface area (Å²) >= 11 is 5.32. The third-order valence-electron chi connectivity index (χ3n) is 1.40. The molecular weight excluding hydrogens is 176 g/mol. The highest BCUT2D eigenvalue weighted by Gasteiger charge is 2.23. The van der Waals surface area contributed by atoms with Crippen molar-refractivity contribution in [2.75, 3.05) is 5.88 Å². The molecule has 0 unspecified atom stereocenters. The van der Waals surface area contributed by atoms with Gasteiger partial charge in [0.05, 0.1) is 0 Å². The van der Waals surface area contributed by atoms with Gasteiger partial charge in [0.2, 0.25) is 0 Å². The van der Waals surface area contributed by atoms with Crippen LogP contribution in [0.15, 0.2) is 0 Å². The van der Waals surface area contributed by atoms with Crippen molar-refractivity contribution in [3.05, 3.63) is 0 Å². The first kappa shape index (κ1) is 11.8. The Morgan fingerprint density at radius 3 is 2.33 bits per heavy atom. The summed E-state index contributed by atoms with van der Waals surface area (Å²) in [7, 11) is 0. The van der Waals surface area contributed by atoms with E-state index < -0.39 is 0 Å². The molecule has 0 saturated carbocycles. The van der Waals surface area contributed by atoms with E-state index in [-0.39, 0.29) is 17.5 Å². The second-order valence-corrected chi connectivity index (χ2v) is 4.23. The second kappa shape index (κ2) is 4.70. The lowest BCUT2D eigenvalue weighted by molar-refractivity contribution is -0.154. The Bertz CT molecular complexity index is 153. The number of esters is 1. The normalized spacial score (nSPS) is 11.8. The van der Waals surface area contributed by atoms with E-state index in [1.54, 1.807) is 0 Å². The highest BCUT2D eigenvalue weighted by atomic mass is 35.5. The molecule has 2 nitrogen and oxygen atoms in total. The van der Waals surface area contributed by atoms with Crippen LogP contribution >= 0.6 is 11.6 Å². The smallest absolute Gasteiger partial charge is 0.321 e. The molecule has 0 radical (unpaired) electrons. The van der Waals surface area contributed by atoms with Crippen molar-refractivity contribution in [3.63, 3.8) is 0 Å². The predicted molar refractivity (Wildman–Crippen MR) is 50.3 cm³/mol. The first-order chi connectivity index (χ1) is 5.37. The molecule has 0 heterocycles. The van der Waals surface area contributed by atoms with Gasteiger partial charge < -0.3 is 4.74 Å². The Labute approximate surface area is 79.2 Å². The number of alkyl halides is 1. The van der Waals surface area contributed by atoms with E-state index >= 15 is 0 Å². The molecule has 0 aromatic heterocycles. The number of rotatable bonds is 4. The zero-order valence-electron chi connectivity index (χ0n) is 8.19. The molecule has 72 valence electrons. The van der Waals surface area contributed by atoms with Gasteiger partial charge in [-0.1, -0.05) is 13.8 Å². The summed E-state index contributed by atoms with van der Waals surface area (Å²) in [5.74, 6) is 0.104. The van der Waals surface area contributed by atoms with Gasteiger partial charge in [0, 0.05) is 0 Å². The molecule has 0 aromatic rings. The van der Waals surface area contributed by atoms with E-state index in [9.17, 15) is 4.79 Å². The van der Waals surface area contributed by atoms with Gasteiger partial charge in [0.25, 0.3) is 0 Å². The van der Waals surface area contributed by atoms with Gasteiger partial charge in [0.15, 0.2) is 0 Å². The van der Waals surface area contributed by atoms with Gasteiger partial charge in [-0.05, 0) is 26.2 Å². The molecule has 0 N–H and O–H groups in total. The maximum atomic E-state index is 10.9. The van der Waals surface area contributed by atoms with E-state index in [0.717, 1.165) is 6.42 Å². The number of halogens is 1. The first-order valence-corrected chi connectivity index (χ1v) is 4.68. The summed E-state index contributed by atoms with van der Waals surface area (Å²) in [6.07, 6.45) is 0.857. The third-order valence-corrected chi connectivity index (χ3v) is 1.62. The van der Waals surface area contributed by atoms with Gasteiger partial charge in [-0.2, -0.15) is 0 Å². The van der Waals surface area contributed by atoms with Crippen LogP contribution in [0.1, 0.15) is 34.1 Å². The summed E-state index contributed by atoms with van der Waals surface area (Å²) in [5.41, 5.74) is -0.389. The predicted octanol–water partition coefficient (Wildman–Crippen LogP) is 2.59. The standard InChI is InChI=1S/C9H17ClO2/c1-7(2)5-9(3,4)12-8(11)6-10/h7H,5-6H2,1-4H3. The van der Waals surface area contributed by atoms with Crippen molar-refractivity contribution in [2.24, 2.45) is 5.92 Å². The lowest BCUT2D eigenvalue weighted by Crippen LogP contribution is -2.30. The third kappa shape index (κ3) is 5.42. The number of ether oxygens (including phenoxy) is 1. The van der Waals surface area contributed by atoms with Crippen LogP contribution < -0.4 is 0 Å². The van der Waals surface area contributed by atoms with Crippen LogP contribution in [0.4, 0.5) is 0 Å². The minimum absolute atomic E-state index is 0.0679. The van der Waals surface area contributed by atoms with Crippen LogP contribution in [-0.2, 0) is 9.53 Å². The number of carbonyl (C=O) groups excluding carboxylic acids is 1. The average Bonchev–Trinajstić information content (AvgIpc) is 1.83. The molecular formula is C9H17ClO2. The highest BCUT2D eigenvalue weighted by Crippen LogP contribution is 2.20. The van der Waals surface area contributed by atoms with Crippen LogP contribution in [0.3, 0.4) is 0 Å². The SMILES string of the molecule is CC(C)CC(C)(C)OC(=O)CCl. The van der Waals surface area contributed by atoms with Crippen molar-refractivity contribution in [2.45, 2.75) is 39.7 Å². The minimum atomic E-state index is -0.389. The fraction of sp³-hybridized carbons (Fsp3) is 0.889. The van der Waals surface area contributed by atoms with Gasteiger partial charge in [-0.25, -0.2) is 0 Å². The summed E-state index contributed by atoms with van der Waals surface area (Å²) < 4.78 is 5.13. The zero-order chi connectivity index (χ0) is 9.78. The molecule has 0 atom stereocenters. The molecule has 0 bridgehead atoms. The summed E-state index contributed by atoms with van der Waals surface area (Å²) in [6, 6.07) is 0. The summed E-state index contributed by atoms with van der Waals surface area (Å²) in [6.45, 7) is 7.99. The molecule has 0 spiro atoms. The van der Waals surface area contributed by atoms with Gasteiger partial charge in [-0.15, -0.1) is 11.6 Å². The van der Waals surface area contributed by atoms with Crippen LogP contribution in [0.2, 0.25) is 0 Å². The Morgan fingerprint density at radius 1 is 1.50 bits per heavy atom. The largest absolute Gasteiger partial charge is 0.459 e. The molecule has 0 fully saturated rings. The van der Waals surface area contributed by atoms with Crippen molar-refractivity contribution >= 4 is 17.6 Å². The number of hydrogen-bond donors (Lipinski definition) is 0. The fourth-order valence-electron chi connectivity index (χ4n) is 1.36. The second-order valence-electron chi connectivity index (χ2n) is 3.97. The van der Waals surface area contributed by atoms with Gasteiger partial charge >= 0.3 is 5.97 Å². The highest BCUT2D eigenvalue weighted by molar-refractivity contribution is 6.26. The summed E-state index contributed by atoms with van der Waals surface area (Å²) in [5, 5.41) is 0. The quantitative estimate of drug-likeness (QED) is 0.506. The molecule has 0 rings (SSSR count). The Hall–Kier alpha value is -0.240. The average molecular weight is 193 g/mol. The van der Waals surface area contributed by atoms with E-state index in [2.05, 4.69) is 13.8 Å². The van der Waals surface area contributed by atoms with E-state index in [1.807, 2.05) is 13.8 Å². The summed E-state index contributed by atoms with van der Waals surface area (Å²) in [4.78, 5) is 10.9. The molecule has 0 aliphatic carbocycles. The van der Waals surface area contributed by atoms with Crippen molar-refractivity contribution < 1.29 is 9.53 Å². The molecule has 0 aliphatic rings. The Kier molecular flexibility index (Phi) is 4.61. The van der Waals surface area contributed by atoms with E-state index in [1.165, 1.54) is 0 Å². The molecule has 12 heavy (non-hydrogen) atoms. The molecule has 0 aliphatic heterocycles. The first-order valence-electron chi connectivity index (χ1n) is 4.15. The van der Waals surface area contributed by atoms with Crippen molar-refractivity contribution in [3.8, 4) is 0 Å². The van der Waals surface area contributed by atoms with Crippen LogP contribution in [0, 0.1) is 5.92 Å². The lowest BCUT2D eigenvalue weighted by Gasteiger charge is -2.26. The topological polar surface area (TPSA) is 26.3 Å². The molecule has 0 amide bonds. The Balaban J connectivity index is 3.94. The minimum Gasteiger partial charge on any atom is -0.459 e. The fourth-order valence-corrected chi connectivity index (χ4v) is 1.41. The Morgan fingerprint density at radius 2 is 2.00 bits per heavy atom. The van der Waals surface area contributed by atoms with E-state index in [4.69, 9.17) is 16.3 Å². The molecule has 3 heteroatoms. The maximum Gasteiger partial charge on any atom is 0.321 e. The van der Waals surface area contributed by atoms with Crippen LogP contribution in [0.5, 0.6) is 0 Å². The number of carbonyl (C=O) groups is 1. The zero-order valence-corrected chi connectivity index (χ0v) is 8.94.